The lowest BCUT2D eigenvalue weighted by Gasteiger charge is -2.26. The highest BCUT2D eigenvalue weighted by Gasteiger charge is 2.45. The van der Waals surface area contributed by atoms with E-state index in [2.05, 4.69) is 13.8 Å². The Morgan fingerprint density at radius 3 is 2.46 bits per heavy atom. The summed E-state index contributed by atoms with van der Waals surface area (Å²) in [5.74, 6) is 0.332. The van der Waals surface area contributed by atoms with Gasteiger partial charge in [-0.05, 0) is 74.6 Å². The Balaban J connectivity index is 2.09. The second kappa shape index (κ2) is 11.4. The Labute approximate surface area is 208 Å². The fraction of sp³-hybridized carbons (Fsp3) is 0.448. The van der Waals surface area contributed by atoms with Gasteiger partial charge in [0, 0.05) is 12.1 Å². The van der Waals surface area contributed by atoms with Crippen LogP contribution in [-0.4, -0.2) is 41.0 Å². The number of Topliss-reactive ketones (excluding diaryl/α,β-unsaturated/α-hetero) is 1. The van der Waals surface area contributed by atoms with E-state index in [1.165, 1.54) is 0 Å². The second-order valence-electron chi connectivity index (χ2n) is 9.77. The van der Waals surface area contributed by atoms with Crippen LogP contribution in [0.25, 0.3) is 5.76 Å². The summed E-state index contributed by atoms with van der Waals surface area (Å²) in [6.07, 6.45) is 1.62. The van der Waals surface area contributed by atoms with E-state index < -0.39 is 17.7 Å². The number of likely N-dealkylation sites (tertiary alicyclic amines) is 1. The molecule has 0 aromatic heterocycles. The van der Waals surface area contributed by atoms with Gasteiger partial charge in [0.25, 0.3) is 11.7 Å². The zero-order chi connectivity index (χ0) is 25.7. The number of aliphatic hydroxyl groups is 1. The third kappa shape index (κ3) is 6.05. The first-order valence-corrected chi connectivity index (χ1v) is 12.4. The molecule has 1 unspecified atom stereocenters. The van der Waals surface area contributed by atoms with E-state index in [-0.39, 0.29) is 17.4 Å². The Morgan fingerprint density at radius 1 is 1.09 bits per heavy atom. The molecule has 35 heavy (non-hydrogen) atoms. The van der Waals surface area contributed by atoms with Gasteiger partial charge in [-0.3, -0.25) is 9.59 Å². The fourth-order valence-corrected chi connectivity index (χ4v) is 4.19. The maximum atomic E-state index is 13.2. The fourth-order valence-electron chi connectivity index (χ4n) is 4.19. The van der Waals surface area contributed by atoms with Gasteiger partial charge in [0.05, 0.1) is 24.3 Å². The molecular formula is C29H37NO5. The Bertz CT molecular complexity index is 1100. The number of benzene rings is 2. The number of ether oxygens (including phenoxy) is 2. The molecule has 2 aromatic rings. The molecule has 1 aliphatic heterocycles. The topological polar surface area (TPSA) is 76.1 Å². The molecule has 1 fully saturated rings. The summed E-state index contributed by atoms with van der Waals surface area (Å²) in [5, 5.41) is 11.3. The first-order valence-electron chi connectivity index (χ1n) is 12.4. The van der Waals surface area contributed by atoms with Crippen LogP contribution in [0.2, 0.25) is 0 Å². The van der Waals surface area contributed by atoms with E-state index in [1.807, 2.05) is 52.0 Å². The number of rotatable bonds is 10. The van der Waals surface area contributed by atoms with E-state index in [0.29, 0.717) is 30.4 Å². The van der Waals surface area contributed by atoms with Crippen LogP contribution in [0.5, 0.6) is 11.5 Å². The molecule has 188 valence electrons. The van der Waals surface area contributed by atoms with Crippen molar-refractivity contribution in [2.75, 3.05) is 13.2 Å². The summed E-state index contributed by atoms with van der Waals surface area (Å²) in [4.78, 5) is 27.8. The van der Waals surface area contributed by atoms with Gasteiger partial charge < -0.3 is 19.5 Å². The normalized spacial score (nSPS) is 17.5. The number of carbonyl (C=O) groups excluding carboxylic acids is 2. The molecule has 6 nitrogen and oxygen atoms in total. The Kier molecular flexibility index (Phi) is 8.60. The van der Waals surface area contributed by atoms with Gasteiger partial charge in [0.15, 0.2) is 0 Å². The van der Waals surface area contributed by atoms with E-state index in [1.54, 1.807) is 23.1 Å². The number of aliphatic hydroxyl groups excluding tert-OH is 1. The van der Waals surface area contributed by atoms with Crippen LogP contribution < -0.4 is 9.47 Å². The summed E-state index contributed by atoms with van der Waals surface area (Å²) in [7, 11) is 0. The molecule has 1 heterocycles. The molecule has 0 bridgehead atoms. The SMILES string of the molecule is CCCCN1C(=O)C(=O)/C(=C(/O)c2ccc(OCC(C)C)c(C)c2)C1c1cccc(OC(C)C)c1. The van der Waals surface area contributed by atoms with Crippen molar-refractivity contribution in [1.29, 1.82) is 0 Å². The van der Waals surface area contributed by atoms with Crippen LogP contribution in [0, 0.1) is 12.8 Å². The highest BCUT2D eigenvalue weighted by atomic mass is 16.5. The van der Waals surface area contributed by atoms with Crippen LogP contribution in [0.4, 0.5) is 0 Å². The Morgan fingerprint density at radius 2 is 1.83 bits per heavy atom. The number of carbonyl (C=O) groups is 2. The van der Waals surface area contributed by atoms with E-state index >= 15 is 0 Å². The van der Waals surface area contributed by atoms with Crippen molar-refractivity contribution in [3.63, 3.8) is 0 Å². The molecule has 1 atom stereocenters. The maximum Gasteiger partial charge on any atom is 0.295 e. The summed E-state index contributed by atoms with van der Waals surface area (Å²) >= 11 is 0. The highest BCUT2D eigenvalue weighted by molar-refractivity contribution is 6.46. The van der Waals surface area contributed by atoms with Crippen LogP contribution in [0.15, 0.2) is 48.0 Å². The molecule has 3 rings (SSSR count). The summed E-state index contributed by atoms with van der Waals surface area (Å²) in [6.45, 7) is 13.0. The smallest absolute Gasteiger partial charge is 0.295 e. The van der Waals surface area contributed by atoms with Gasteiger partial charge in [-0.15, -0.1) is 0 Å². The molecule has 1 aliphatic rings. The van der Waals surface area contributed by atoms with Crippen molar-refractivity contribution in [2.24, 2.45) is 5.92 Å². The standard InChI is InChI=1S/C29H37NO5/c1-7-8-14-30-26(21-10-9-11-23(16-21)35-19(4)5)25(28(32)29(30)33)27(31)22-12-13-24(20(6)15-22)34-17-18(2)3/h9-13,15-16,18-19,26,31H,7-8,14,17H2,1-6H3/b27-25+. The third-order valence-electron chi connectivity index (χ3n) is 5.86. The molecule has 0 saturated carbocycles. The van der Waals surface area contributed by atoms with Crippen molar-refractivity contribution >= 4 is 17.4 Å². The molecule has 1 amide bonds. The lowest BCUT2D eigenvalue weighted by Crippen LogP contribution is -2.30. The van der Waals surface area contributed by atoms with Crippen molar-refractivity contribution in [3.05, 3.63) is 64.7 Å². The quantitative estimate of drug-likeness (QED) is 0.255. The van der Waals surface area contributed by atoms with Gasteiger partial charge in [0.2, 0.25) is 0 Å². The minimum Gasteiger partial charge on any atom is -0.507 e. The first-order chi connectivity index (χ1) is 16.6. The molecule has 0 radical (unpaired) electrons. The number of amides is 1. The van der Waals surface area contributed by atoms with Crippen LogP contribution in [-0.2, 0) is 9.59 Å². The number of hydrogen-bond donors (Lipinski definition) is 1. The number of nitrogens with zero attached hydrogens (tertiary/aromatic N) is 1. The van der Waals surface area contributed by atoms with Gasteiger partial charge in [-0.25, -0.2) is 0 Å². The van der Waals surface area contributed by atoms with Gasteiger partial charge >= 0.3 is 0 Å². The molecular weight excluding hydrogens is 442 g/mol. The molecule has 1 N–H and O–H groups in total. The van der Waals surface area contributed by atoms with Crippen LogP contribution in [0.3, 0.4) is 0 Å². The average Bonchev–Trinajstić information content (AvgIpc) is 3.06. The minimum absolute atomic E-state index is 0.0175. The van der Waals surface area contributed by atoms with Crippen molar-refractivity contribution in [3.8, 4) is 11.5 Å². The second-order valence-corrected chi connectivity index (χ2v) is 9.77. The molecule has 1 saturated heterocycles. The zero-order valence-corrected chi connectivity index (χ0v) is 21.6. The van der Waals surface area contributed by atoms with Crippen molar-refractivity contribution < 1.29 is 24.2 Å². The summed E-state index contributed by atoms with van der Waals surface area (Å²) in [6, 6.07) is 12.0. The van der Waals surface area contributed by atoms with E-state index in [4.69, 9.17) is 9.47 Å². The Hall–Kier alpha value is -3.28. The van der Waals surface area contributed by atoms with Crippen molar-refractivity contribution in [2.45, 2.75) is 66.5 Å². The first kappa shape index (κ1) is 26.3. The molecule has 0 spiro atoms. The van der Waals surface area contributed by atoms with E-state index in [0.717, 1.165) is 29.7 Å². The highest BCUT2D eigenvalue weighted by Crippen LogP contribution is 2.41. The van der Waals surface area contributed by atoms with Gasteiger partial charge in [-0.2, -0.15) is 0 Å². The number of hydrogen-bond acceptors (Lipinski definition) is 5. The lowest BCUT2D eigenvalue weighted by atomic mass is 9.94. The summed E-state index contributed by atoms with van der Waals surface area (Å²) in [5.41, 5.74) is 2.16. The monoisotopic (exact) mass is 479 g/mol. The predicted molar refractivity (Wildman–Crippen MR) is 138 cm³/mol. The molecule has 2 aromatic carbocycles. The maximum absolute atomic E-state index is 13.2. The van der Waals surface area contributed by atoms with Crippen LogP contribution in [0.1, 0.15) is 70.2 Å². The molecule has 0 aliphatic carbocycles. The van der Waals surface area contributed by atoms with E-state index in [9.17, 15) is 14.7 Å². The largest absolute Gasteiger partial charge is 0.507 e. The number of ketones is 1. The number of aryl methyl sites for hydroxylation is 1. The van der Waals surface area contributed by atoms with Crippen LogP contribution >= 0.6 is 0 Å². The number of unbranched alkanes of at least 4 members (excludes halogenated alkanes) is 1. The zero-order valence-electron chi connectivity index (χ0n) is 21.6. The average molecular weight is 480 g/mol. The third-order valence-corrected chi connectivity index (χ3v) is 5.86. The summed E-state index contributed by atoms with van der Waals surface area (Å²) < 4.78 is 11.7. The van der Waals surface area contributed by atoms with Gasteiger partial charge in [-0.1, -0.05) is 39.3 Å². The van der Waals surface area contributed by atoms with Crippen molar-refractivity contribution in [1.82, 2.24) is 4.90 Å². The van der Waals surface area contributed by atoms with Gasteiger partial charge in [0.1, 0.15) is 17.3 Å². The lowest BCUT2D eigenvalue weighted by molar-refractivity contribution is -0.139. The predicted octanol–water partition coefficient (Wildman–Crippen LogP) is 6.04. The minimum atomic E-state index is -0.686. The molecule has 6 heteroatoms.